The van der Waals surface area contributed by atoms with Crippen molar-refractivity contribution in [3.63, 3.8) is 0 Å². The number of hydrogen-bond acceptors (Lipinski definition) is 7. The highest BCUT2D eigenvalue weighted by atomic mass is 16.9. The second-order valence-electron chi connectivity index (χ2n) is 7.83. The predicted molar refractivity (Wildman–Crippen MR) is 82.1 cm³/mol. The van der Waals surface area contributed by atoms with Gasteiger partial charge in [0.2, 0.25) is 0 Å². The van der Waals surface area contributed by atoms with Gasteiger partial charge in [0.25, 0.3) is 0 Å². The van der Waals surface area contributed by atoms with E-state index in [4.69, 9.17) is 33.2 Å². The van der Waals surface area contributed by atoms with E-state index < -0.39 is 17.9 Å². The Morgan fingerprint density at radius 2 is 1.75 bits per heavy atom. The first-order valence-electron chi connectivity index (χ1n) is 8.93. The molecule has 4 heterocycles. The average molecular weight is 344 g/mol. The number of hydrogen-bond donors (Lipinski definition) is 0. The predicted octanol–water partition coefficient (Wildman–Crippen LogP) is 1.93. The van der Waals surface area contributed by atoms with Gasteiger partial charge in [-0.1, -0.05) is 0 Å². The number of fused-ring (bicyclic) bond motifs is 1. The molecular weight excluding hydrogens is 316 g/mol. The van der Waals surface area contributed by atoms with Crippen molar-refractivity contribution in [3.8, 4) is 0 Å². The van der Waals surface area contributed by atoms with Crippen LogP contribution in [0.3, 0.4) is 0 Å². The molecule has 0 N–H and O–H groups in total. The van der Waals surface area contributed by atoms with E-state index in [1.165, 1.54) is 0 Å². The summed E-state index contributed by atoms with van der Waals surface area (Å²) < 4.78 is 41.7. The van der Waals surface area contributed by atoms with Crippen molar-refractivity contribution in [2.75, 3.05) is 13.2 Å². The summed E-state index contributed by atoms with van der Waals surface area (Å²) in [4.78, 5) is 0. The van der Waals surface area contributed by atoms with Gasteiger partial charge in [0.15, 0.2) is 24.2 Å². The molecule has 0 aliphatic carbocycles. The quantitative estimate of drug-likeness (QED) is 0.775. The minimum absolute atomic E-state index is 0.213. The fourth-order valence-corrected chi connectivity index (χ4v) is 3.83. The molecular formula is C17H28O7. The Hall–Kier alpha value is -0.280. The van der Waals surface area contributed by atoms with Crippen molar-refractivity contribution in [1.29, 1.82) is 0 Å². The van der Waals surface area contributed by atoms with Crippen LogP contribution in [0.25, 0.3) is 0 Å². The van der Waals surface area contributed by atoms with Crippen molar-refractivity contribution >= 4 is 0 Å². The highest BCUT2D eigenvalue weighted by molar-refractivity contribution is 4.99. The summed E-state index contributed by atoms with van der Waals surface area (Å²) in [5, 5.41) is 0. The summed E-state index contributed by atoms with van der Waals surface area (Å²) in [6, 6.07) is 0. The van der Waals surface area contributed by atoms with Crippen LogP contribution < -0.4 is 0 Å². The Kier molecular flexibility index (Phi) is 4.40. The van der Waals surface area contributed by atoms with E-state index in [0.717, 1.165) is 25.9 Å². The lowest BCUT2D eigenvalue weighted by molar-refractivity contribution is -0.259. The van der Waals surface area contributed by atoms with Gasteiger partial charge in [-0.2, -0.15) is 0 Å². The summed E-state index contributed by atoms with van der Waals surface area (Å²) in [6.45, 7) is 8.77. The van der Waals surface area contributed by atoms with Gasteiger partial charge in [0.05, 0.1) is 6.61 Å². The molecule has 7 heteroatoms. The molecule has 0 radical (unpaired) electrons. The van der Waals surface area contributed by atoms with Crippen LogP contribution in [0.2, 0.25) is 0 Å². The number of ether oxygens (including phenoxy) is 7. The summed E-state index contributed by atoms with van der Waals surface area (Å²) >= 11 is 0. The van der Waals surface area contributed by atoms with Crippen molar-refractivity contribution in [3.05, 3.63) is 0 Å². The van der Waals surface area contributed by atoms with Crippen LogP contribution in [0, 0.1) is 0 Å². The van der Waals surface area contributed by atoms with Crippen LogP contribution in [-0.4, -0.2) is 61.8 Å². The van der Waals surface area contributed by atoms with E-state index in [9.17, 15) is 0 Å². The third kappa shape index (κ3) is 3.35. The van der Waals surface area contributed by atoms with E-state index in [0.29, 0.717) is 6.61 Å². The van der Waals surface area contributed by atoms with Crippen molar-refractivity contribution in [2.45, 2.75) is 95.5 Å². The Morgan fingerprint density at radius 1 is 0.917 bits per heavy atom. The first kappa shape index (κ1) is 17.1. The standard InChI is InChI=1S/C17H28O7/c1-16(2)19-9-10(22-16)12-13(20-11-7-5-6-8-18-11)14-15(21-12)24-17(3,4)23-14/h10-15H,5-9H2,1-4H3/t10-,11?,12-,13-,14?,15?/m1/s1. The zero-order valence-electron chi connectivity index (χ0n) is 14.9. The van der Waals surface area contributed by atoms with Crippen molar-refractivity contribution < 1.29 is 33.2 Å². The highest BCUT2D eigenvalue weighted by Gasteiger charge is 2.59. The second-order valence-corrected chi connectivity index (χ2v) is 7.83. The fraction of sp³-hybridized carbons (Fsp3) is 1.00. The Bertz CT molecular complexity index is 460. The summed E-state index contributed by atoms with van der Waals surface area (Å²) in [5.74, 6) is -1.29. The van der Waals surface area contributed by atoms with Gasteiger partial charge in [0, 0.05) is 6.61 Å². The molecule has 138 valence electrons. The van der Waals surface area contributed by atoms with Crippen LogP contribution in [-0.2, 0) is 33.2 Å². The van der Waals surface area contributed by atoms with Gasteiger partial charge in [-0.15, -0.1) is 0 Å². The molecule has 4 fully saturated rings. The minimum atomic E-state index is -0.679. The lowest BCUT2D eigenvalue weighted by atomic mass is 10.1. The zero-order chi connectivity index (χ0) is 16.9. The van der Waals surface area contributed by atoms with Gasteiger partial charge in [-0.3, -0.25) is 0 Å². The first-order valence-corrected chi connectivity index (χ1v) is 8.93. The summed E-state index contributed by atoms with van der Waals surface area (Å²) in [6.07, 6.45) is 1.29. The topological polar surface area (TPSA) is 64.6 Å². The fourth-order valence-electron chi connectivity index (χ4n) is 3.83. The Labute approximate surface area is 142 Å². The molecule has 3 unspecified atom stereocenters. The molecule has 4 saturated heterocycles. The summed E-state index contributed by atoms with van der Waals surface area (Å²) in [7, 11) is 0. The molecule has 0 amide bonds. The third-order valence-corrected chi connectivity index (χ3v) is 4.87. The molecule has 0 saturated carbocycles. The normalized spacial score (nSPS) is 47.0. The molecule has 0 aromatic heterocycles. The van der Waals surface area contributed by atoms with Crippen LogP contribution in [0.15, 0.2) is 0 Å². The van der Waals surface area contributed by atoms with Crippen LogP contribution in [0.4, 0.5) is 0 Å². The van der Waals surface area contributed by atoms with Gasteiger partial charge in [-0.05, 0) is 47.0 Å². The molecule has 4 aliphatic heterocycles. The monoisotopic (exact) mass is 344 g/mol. The molecule has 0 spiro atoms. The molecule has 0 aromatic rings. The second kappa shape index (κ2) is 6.16. The van der Waals surface area contributed by atoms with Crippen LogP contribution in [0.1, 0.15) is 47.0 Å². The smallest absolute Gasteiger partial charge is 0.190 e. The molecule has 4 rings (SSSR count). The molecule has 0 aromatic carbocycles. The van der Waals surface area contributed by atoms with E-state index >= 15 is 0 Å². The lowest BCUT2D eigenvalue weighted by Crippen LogP contribution is -2.46. The minimum Gasteiger partial charge on any atom is -0.353 e. The maximum Gasteiger partial charge on any atom is 0.190 e. The maximum atomic E-state index is 6.26. The molecule has 7 nitrogen and oxygen atoms in total. The largest absolute Gasteiger partial charge is 0.353 e. The molecule has 6 atom stereocenters. The van der Waals surface area contributed by atoms with Gasteiger partial charge in [-0.25, -0.2) is 0 Å². The van der Waals surface area contributed by atoms with Gasteiger partial charge in [0.1, 0.15) is 24.4 Å². The SMILES string of the molecule is CC1(C)OC2O[C@H]([C@H]3COC(C)(C)O3)[C@@H](OC3CCCCO3)C2O1. The third-order valence-electron chi connectivity index (χ3n) is 4.87. The molecule has 4 aliphatic rings. The summed E-state index contributed by atoms with van der Waals surface area (Å²) in [5.41, 5.74) is 0. The number of rotatable bonds is 3. The Morgan fingerprint density at radius 3 is 2.42 bits per heavy atom. The van der Waals surface area contributed by atoms with Gasteiger partial charge < -0.3 is 33.2 Å². The van der Waals surface area contributed by atoms with E-state index in [1.54, 1.807) is 0 Å². The van der Waals surface area contributed by atoms with Crippen LogP contribution in [0.5, 0.6) is 0 Å². The van der Waals surface area contributed by atoms with E-state index in [2.05, 4.69) is 0 Å². The lowest BCUT2D eigenvalue weighted by Gasteiger charge is -2.32. The first-order chi connectivity index (χ1) is 11.3. The highest BCUT2D eigenvalue weighted by Crippen LogP contribution is 2.42. The molecule has 0 bridgehead atoms. The van der Waals surface area contributed by atoms with Crippen molar-refractivity contribution in [2.24, 2.45) is 0 Å². The Balaban J connectivity index is 1.50. The zero-order valence-corrected chi connectivity index (χ0v) is 14.9. The average Bonchev–Trinajstić information content (AvgIpc) is 3.11. The molecule has 24 heavy (non-hydrogen) atoms. The van der Waals surface area contributed by atoms with Gasteiger partial charge >= 0.3 is 0 Å². The van der Waals surface area contributed by atoms with Crippen molar-refractivity contribution in [1.82, 2.24) is 0 Å². The van der Waals surface area contributed by atoms with E-state index in [-0.39, 0.29) is 30.7 Å². The van der Waals surface area contributed by atoms with Crippen LogP contribution >= 0.6 is 0 Å². The maximum absolute atomic E-state index is 6.26. The van der Waals surface area contributed by atoms with E-state index in [1.807, 2.05) is 27.7 Å².